The Kier molecular flexibility index (Phi) is 7.74. The summed E-state index contributed by atoms with van der Waals surface area (Å²) in [6, 6.07) is 20.1. The van der Waals surface area contributed by atoms with Crippen molar-refractivity contribution in [2.24, 2.45) is 4.99 Å². The van der Waals surface area contributed by atoms with Crippen LogP contribution in [0.4, 0.5) is 13.2 Å². The summed E-state index contributed by atoms with van der Waals surface area (Å²) in [5.74, 6) is 0.286. The fourth-order valence-electron chi connectivity index (χ4n) is 6.29. The van der Waals surface area contributed by atoms with E-state index < -0.39 is 23.7 Å². The molecule has 0 saturated heterocycles. The predicted molar refractivity (Wildman–Crippen MR) is 177 cm³/mol. The van der Waals surface area contributed by atoms with Crippen molar-refractivity contribution in [2.45, 2.75) is 38.5 Å². The van der Waals surface area contributed by atoms with E-state index in [4.69, 9.17) is 9.94 Å². The van der Waals surface area contributed by atoms with Crippen LogP contribution in [0.5, 0.6) is 0 Å². The number of carbonyl (C=O) groups is 1. The Morgan fingerprint density at radius 2 is 1.81 bits per heavy atom. The lowest BCUT2D eigenvalue weighted by Crippen LogP contribution is -2.46. The highest BCUT2D eigenvalue weighted by atomic mass is 79.9. The summed E-state index contributed by atoms with van der Waals surface area (Å²) in [6.45, 7) is 5.52. The van der Waals surface area contributed by atoms with Crippen LogP contribution < -0.4 is 5.56 Å². The second kappa shape index (κ2) is 11.8. The van der Waals surface area contributed by atoms with Crippen LogP contribution in [0.1, 0.15) is 50.8 Å². The molecule has 5 aromatic rings. The van der Waals surface area contributed by atoms with Crippen LogP contribution >= 0.6 is 15.9 Å². The van der Waals surface area contributed by atoms with Gasteiger partial charge in [-0.05, 0) is 68.0 Å². The topological polar surface area (TPSA) is 84.4 Å². The Balaban J connectivity index is 1.35. The molecule has 0 bridgehead atoms. The molecule has 48 heavy (non-hydrogen) atoms. The molecule has 0 fully saturated rings. The Hall–Kier alpha value is -5.17. The molecule has 244 valence electrons. The quantitative estimate of drug-likeness (QED) is 0.206. The number of aliphatic imine (C=N–C) groups is 1. The number of carbonyl (C=O) groups excluding carboxylic acids is 1. The molecule has 13 heteroatoms. The summed E-state index contributed by atoms with van der Waals surface area (Å²) in [6.07, 6.45) is -2.25. The lowest BCUT2D eigenvalue weighted by Gasteiger charge is -2.35. The van der Waals surface area contributed by atoms with Crippen molar-refractivity contribution in [3.63, 3.8) is 0 Å². The first kappa shape index (κ1) is 31.4. The van der Waals surface area contributed by atoms with Crippen LogP contribution in [-0.4, -0.2) is 49.0 Å². The van der Waals surface area contributed by atoms with Gasteiger partial charge >= 0.3 is 6.18 Å². The maximum absolute atomic E-state index is 14.5. The smallest absolute Gasteiger partial charge is 0.358 e. The average Bonchev–Trinajstić information content (AvgIpc) is 3.62. The highest BCUT2D eigenvalue weighted by molar-refractivity contribution is 9.10. The van der Waals surface area contributed by atoms with Gasteiger partial charge < -0.3 is 9.74 Å². The molecule has 0 aliphatic carbocycles. The number of hydrogen-bond acceptors (Lipinski definition) is 6. The zero-order valence-corrected chi connectivity index (χ0v) is 27.4. The van der Waals surface area contributed by atoms with E-state index in [1.165, 1.54) is 22.1 Å². The van der Waals surface area contributed by atoms with Crippen LogP contribution in [0.15, 0.2) is 106 Å². The molecular weight excluding hydrogens is 689 g/mol. The first-order valence-electron chi connectivity index (χ1n) is 15.1. The van der Waals surface area contributed by atoms with Crippen LogP contribution in [0.2, 0.25) is 0 Å². The van der Waals surface area contributed by atoms with Gasteiger partial charge in [-0.2, -0.15) is 28.3 Å². The van der Waals surface area contributed by atoms with Crippen molar-refractivity contribution in [2.75, 3.05) is 7.05 Å². The molecule has 2 aliphatic heterocycles. The third-order valence-electron chi connectivity index (χ3n) is 8.62. The van der Waals surface area contributed by atoms with E-state index in [2.05, 4.69) is 27.5 Å². The summed E-state index contributed by atoms with van der Waals surface area (Å²) in [4.78, 5) is 39.5. The van der Waals surface area contributed by atoms with E-state index >= 15 is 0 Å². The van der Waals surface area contributed by atoms with E-state index in [0.29, 0.717) is 34.8 Å². The molecule has 0 N–H and O–H groups in total. The van der Waals surface area contributed by atoms with Crippen LogP contribution in [0.25, 0.3) is 11.3 Å². The molecule has 2 aromatic heterocycles. The minimum absolute atomic E-state index is 0.0131. The number of rotatable bonds is 5. The number of amides is 1. The predicted octanol–water partition coefficient (Wildman–Crippen LogP) is 6.54. The Bertz CT molecular complexity index is 2190. The van der Waals surface area contributed by atoms with E-state index in [9.17, 15) is 22.8 Å². The Labute approximate surface area is 281 Å². The molecule has 9 nitrogen and oxygen atoms in total. The molecular formula is C35H28BrF3N6O3. The van der Waals surface area contributed by atoms with Crippen LogP contribution in [0.3, 0.4) is 0 Å². The number of fused-ring (bicyclic) bond motifs is 3. The number of benzene rings is 3. The van der Waals surface area contributed by atoms with Gasteiger partial charge in [-0.15, -0.1) is 0 Å². The van der Waals surface area contributed by atoms with Crippen molar-refractivity contribution in [1.82, 2.24) is 24.1 Å². The molecule has 1 atom stereocenters. The lowest BCUT2D eigenvalue weighted by molar-refractivity contribution is -0.138. The van der Waals surface area contributed by atoms with Gasteiger partial charge in [0, 0.05) is 46.2 Å². The molecule has 0 radical (unpaired) electrons. The Morgan fingerprint density at radius 3 is 2.48 bits per heavy atom. The third kappa shape index (κ3) is 5.47. The number of alkyl halides is 3. The molecule has 2 aliphatic rings. The van der Waals surface area contributed by atoms with Gasteiger partial charge in [0.15, 0.2) is 5.84 Å². The summed E-state index contributed by atoms with van der Waals surface area (Å²) in [5.41, 5.74) is 3.42. The maximum atomic E-state index is 14.5. The number of hydroxylamine groups is 2. The van der Waals surface area contributed by atoms with E-state index in [1.807, 2.05) is 54.6 Å². The van der Waals surface area contributed by atoms with Crippen molar-refractivity contribution >= 4 is 33.3 Å². The van der Waals surface area contributed by atoms with Gasteiger partial charge in [0.25, 0.3) is 11.5 Å². The second-order valence-electron chi connectivity index (χ2n) is 11.8. The largest absolute Gasteiger partial charge is 0.417 e. The highest BCUT2D eigenvalue weighted by Crippen LogP contribution is 2.36. The normalized spacial score (nSPS) is 16.2. The number of halogens is 4. The highest BCUT2D eigenvalue weighted by Gasteiger charge is 2.36. The van der Waals surface area contributed by atoms with E-state index in [-0.39, 0.29) is 34.4 Å². The molecule has 1 amide bonds. The van der Waals surface area contributed by atoms with Gasteiger partial charge in [-0.25, -0.2) is 4.52 Å². The van der Waals surface area contributed by atoms with Crippen molar-refractivity contribution in [3.05, 3.63) is 145 Å². The molecule has 7 rings (SSSR count). The van der Waals surface area contributed by atoms with Crippen LogP contribution in [-0.2, 0) is 30.4 Å². The third-order valence-corrected chi connectivity index (χ3v) is 9.31. The summed E-state index contributed by atoms with van der Waals surface area (Å²) < 4.78 is 44.2. The van der Waals surface area contributed by atoms with E-state index in [1.54, 1.807) is 29.3 Å². The van der Waals surface area contributed by atoms with Gasteiger partial charge in [0.05, 0.1) is 29.7 Å². The van der Waals surface area contributed by atoms with Crippen LogP contribution in [0, 0.1) is 0 Å². The fraction of sp³-hybridized carbons (Fsp3) is 0.200. The summed E-state index contributed by atoms with van der Waals surface area (Å²) in [7, 11) is 1.73. The fourth-order valence-corrected chi connectivity index (χ4v) is 6.77. The zero-order chi connectivity index (χ0) is 33.9. The maximum Gasteiger partial charge on any atom is 0.417 e. The van der Waals surface area contributed by atoms with Gasteiger partial charge in [0.2, 0.25) is 5.88 Å². The monoisotopic (exact) mass is 716 g/mol. The Morgan fingerprint density at radius 1 is 1.08 bits per heavy atom. The molecule has 4 heterocycles. The van der Waals surface area contributed by atoms with Crippen molar-refractivity contribution in [1.29, 1.82) is 0 Å². The van der Waals surface area contributed by atoms with Gasteiger partial charge in [0.1, 0.15) is 5.65 Å². The molecule has 3 aromatic carbocycles. The minimum atomic E-state index is -4.64. The zero-order valence-electron chi connectivity index (χ0n) is 25.8. The summed E-state index contributed by atoms with van der Waals surface area (Å²) >= 11 is 2.95. The molecule has 0 spiro atoms. The second-order valence-corrected chi connectivity index (χ2v) is 12.6. The van der Waals surface area contributed by atoms with Crippen molar-refractivity contribution in [3.8, 4) is 5.69 Å². The number of nitrogens with zero attached hydrogens (tertiary/aromatic N) is 6. The first-order valence-corrected chi connectivity index (χ1v) is 15.8. The molecule has 0 saturated carbocycles. The van der Waals surface area contributed by atoms with Crippen molar-refractivity contribution < 1.29 is 22.8 Å². The summed E-state index contributed by atoms with van der Waals surface area (Å²) in [5, 5.41) is 6.23. The number of hydrogen-bond donors (Lipinski definition) is 0. The van der Waals surface area contributed by atoms with Gasteiger partial charge in [-0.1, -0.05) is 46.3 Å². The number of aromatic nitrogens is 3. The molecule has 1 unspecified atom stereocenters. The van der Waals surface area contributed by atoms with E-state index in [0.717, 1.165) is 22.8 Å². The lowest BCUT2D eigenvalue weighted by atomic mass is 9.97. The number of amidine groups is 1. The average molecular weight is 718 g/mol. The minimum Gasteiger partial charge on any atom is -0.358 e. The first-order chi connectivity index (χ1) is 22.9. The SMILES string of the molecule is C=C1N=C(c2ccc(-n3c(=O)c4c(n5ncc(Cc6ccccc6)c35)CN(C(=O)c3ccc(Br)c(C(F)(F)F)c3)C(C)C4)cc2)N(C)O1. The van der Waals surface area contributed by atoms with Gasteiger partial charge in [-0.3, -0.25) is 14.2 Å². The standard InChI is InChI=1S/C35H28BrF3N6O3/c1-20-15-27-30(19-43(20)33(46)24-11-14-29(36)28(17-24)35(37,38)39)45-32(25(18-40-45)16-22-7-5-4-6-8-22)44(34(27)47)26-12-9-23(10-13-26)31-41-21(2)48-42(31)3/h4-14,17-18,20H,2,15-16,19H2,1,3H3.